The predicted octanol–water partition coefficient (Wildman–Crippen LogP) is 4.31. The van der Waals surface area contributed by atoms with E-state index in [0.29, 0.717) is 11.8 Å². The van der Waals surface area contributed by atoms with Crippen LogP contribution in [0, 0.1) is 34.5 Å². The molecule has 0 unspecified atom stereocenters. The first-order chi connectivity index (χ1) is 9.42. The first-order valence-electron chi connectivity index (χ1n) is 6.72. The topological polar surface area (TPSA) is 52.5 Å². The maximum atomic E-state index is 8.94. The zero-order valence-electron chi connectivity index (χ0n) is 13.0. The highest BCUT2D eigenvalue weighted by molar-refractivity contribution is 5.75. The average molecular weight is 269 g/mol. The van der Waals surface area contributed by atoms with Gasteiger partial charge in [0, 0.05) is 19.3 Å². The molecule has 0 aliphatic rings. The Hall–Kier alpha value is -2.26. The van der Waals surface area contributed by atoms with E-state index in [4.69, 9.17) is 10.5 Å². The molecule has 0 bridgehead atoms. The van der Waals surface area contributed by atoms with E-state index in [1.165, 1.54) is 6.08 Å². The second-order valence-corrected chi connectivity index (χ2v) is 5.17. The van der Waals surface area contributed by atoms with Crippen LogP contribution in [0.15, 0.2) is 36.6 Å². The normalized spacial score (nSPS) is 11.2. The van der Waals surface area contributed by atoms with Gasteiger partial charge in [0.25, 0.3) is 0 Å². The van der Waals surface area contributed by atoms with E-state index >= 15 is 0 Å². The minimum atomic E-state index is 0.407. The highest BCUT2D eigenvalue weighted by Gasteiger charge is 2.03. The SMILES string of the molecule is CC(C)/C=C(\C#N)c1cccn1C.CC(C)/C=C\C#N. The van der Waals surface area contributed by atoms with Crippen molar-refractivity contribution in [2.45, 2.75) is 27.7 Å². The first kappa shape index (κ1) is 17.7. The third-order valence-corrected chi connectivity index (χ3v) is 2.40. The van der Waals surface area contributed by atoms with Crippen LogP contribution in [0.25, 0.3) is 5.57 Å². The van der Waals surface area contributed by atoms with Gasteiger partial charge in [0.15, 0.2) is 0 Å². The molecule has 1 aromatic heterocycles. The Morgan fingerprint density at radius 1 is 1.20 bits per heavy atom. The number of aromatic nitrogens is 1. The van der Waals surface area contributed by atoms with Crippen molar-refractivity contribution in [2.24, 2.45) is 18.9 Å². The minimum absolute atomic E-state index is 0.407. The lowest BCUT2D eigenvalue weighted by atomic mass is 10.1. The molecule has 0 amide bonds. The molecule has 0 fully saturated rings. The lowest BCUT2D eigenvalue weighted by Crippen LogP contribution is -1.94. The largest absolute Gasteiger partial charge is 0.350 e. The second kappa shape index (κ2) is 9.64. The monoisotopic (exact) mass is 269 g/mol. The van der Waals surface area contributed by atoms with Gasteiger partial charge in [-0.25, -0.2) is 0 Å². The summed E-state index contributed by atoms with van der Waals surface area (Å²) < 4.78 is 1.96. The van der Waals surface area contributed by atoms with E-state index < -0.39 is 0 Å². The standard InChI is InChI=1S/C11H14N2.C6H9N/c1-9(2)7-10(8-12)11-5-4-6-13(11)3;1-6(2)4-3-5-7/h4-7,9H,1-3H3;3-4,6H,1-2H3/b10-7+;4-3-. The summed E-state index contributed by atoms with van der Waals surface area (Å²) in [5.74, 6) is 0.907. The quantitative estimate of drug-likeness (QED) is 0.768. The van der Waals surface area contributed by atoms with Crippen molar-refractivity contribution in [3.05, 3.63) is 42.3 Å². The fraction of sp³-hybridized carbons (Fsp3) is 0.412. The highest BCUT2D eigenvalue weighted by atomic mass is 14.9. The summed E-state index contributed by atoms with van der Waals surface area (Å²) in [6, 6.07) is 8.04. The number of aryl methyl sites for hydroxylation is 1. The minimum Gasteiger partial charge on any atom is -0.350 e. The molecule has 0 radical (unpaired) electrons. The molecule has 0 aliphatic heterocycles. The molecular formula is C17H23N3. The Kier molecular flexibility index (Phi) is 8.55. The summed E-state index contributed by atoms with van der Waals surface area (Å²) in [6.07, 6.45) is 7.29. The van der Waals surface area contributed by atoms with Crippen LogP contribution < -0.4 is 0 Å². The summed E-state index contributed by atoms with van der Waals surface area (Å²) in [7, 11) is 1.95. The summed E-state index contributed by atoms with van der Waals surface area (Å²) in [5.41, 5.74) is 1.73. The van der Waals surface area contributed by atoms with Gasteiger partial charge in [-0.15, -0.1) is 0 Å². The lowest BCUT2D eigenvalue weighted by molar-refractivity contribution is 0.830. The Balaban J connectivity index is 0.000000441. The van der Waals surface area contributed by atoms with Crippen LogP contribution in [-0.2, 0) is 7.05 Å². The summed E-state index contributed by atoms with van der Waals surface area (Å²) in [6.45, 7) is 8.21. The number of hydrogen-bond donors (Lipinski definition) is 0. The first-order valence-corrected chi connectivity index (χ1v) is 6.72. The molecule has 0 saturated carbocycles. The smallest absolute Gasteiger partial charge is 0.101 e. The molecule has 20 heavy (non-hydrogen) atoms. The van der Waals surface area contributed by atoms with Gasteiger partial charge in [-0.2, -0.15) is 10.5 Å². The van der Waals surface area contributed by atoms with Crippen LogP contribution in [-0.4, -0.2) is 4.57 Å². The molecule has 106 valence electrons. The molecular weight excluding hydrogens is 246 g/mol. The van der Waals surface area contributed by atoms with Crippen LogP contribution in [0.4, 0.5) is 0 Å². The van der Waals surface area contributed by atoms with E-state index in [2.05, 4.69) is 19.9 Å². The Morgan fingerprint density at radius 2 is 1.85 bits per heavy atom. The molecule has 0 atom stereocenters. The summed E-state index contributed by atoms with van der Waals surface area (Å²) in [5, 5.41) is 16.9. The molecule has 0 N–H and O–H groups in total. The third-order valence-electron chi connectivity index (χ3n) is 2.40. The van der Waals surface area contributed by atoms with Gasteiger partial charge in [0.05, 0.1) is 17.3 Å². The number of nitriles is 2. The number of hydrogen-bond acceptors (Lipinski definition) is 2. The van der Waals surface area contributed by atoms with Crippen molar-refractivity contribution in [3.8, 4) is 12.1 Å². The van der Waals surface area contributed by atoms with E-state index in [-0.39, 0.29) is 0 Å². The van der Waals surface area contributed by atoms with Crippen LogP contribution >= 0.6 is 0 Å². The highest BCUT2D eigenvalue weighted by Crippen LogP contribution is 2.15. The van der Waals surface area contributed by atoms with Crippen LogP contribution in [0.1, 0.15) is 33.4 Å². The Bertz CT molecular complexity index is 531. The fourth-order valence-electron chi connectivity index (χ4n) is 1.49. The van der Waals surface area contributed by atoms with Crippen molar-refractivity contribution in [1.29, 1.82) is 10.5 Å². The predicted molar refractivity (Wildman–Crippen MR) is 83.4 cm³/mol. The molecule has 0 aliphatic carbocycles. The van der Waals surface area contributed by atoms with E-state index in [1.54, 1.807) is 0 Å². The summed E-state index contributed by atoms with van der Waals surface area (Å²) >= 11 is 0. The van der Waals surface area contributed by atoms with Crippen molar-refractivity contribution in [1.82, 2.24) is 4.57 Å². The van der Waals surface area contributed by atoms with Gasteiger partial charge >= 0.3 is 0 Å². The van der Waals surface area contributed by atoms with E-state index in [1.807, 2.05) is 62.0 Å². The molecule has 1 rings (SSSR count). The van der Waals surface area contributed by atoms with Crippen molar-refractivity contribution in [3.63, 3.8) is 0 Å². The second-order valence-electron chi connectivity index (χ2n) is 5.17. The van der Waals surface area contributed by atoms with Gasteiger partial charge in [-0.1, -0.05) is 39.8 Å². The van der Waals surface area contributed by atoms with Gasteiger partial charge < -0.3 is 4.57 Å². The Morgan fingerprint density at radius 3 is 2.15 bits per heavy atom. The maximum absolute atomic E-state index is 8.94. The van der Waals surface area contributed by atoms with E-state index in [0.717, 1.165) is 11.3 Å². The third kappa shape index (κ3) is 7.24. The molecule has 1 aromatic rings. The zero-order chi connectivity index (χ0) is 15.5. The molecule has 0 aromatic carbocycles. The van der Waals surface area contributed by atoms with Gasteiger partial charge in [0.1, 0.15) is 6.07 Å². The maximum Gasteiger partial charge on any atom is 0.101 e. The van der Waals surface area contributed by atoms with Crippen molar-refractivity contribution < 1.29 is 0 Å². The van der Waals surface area contributed by atoms with Gasteiger partial charge in [0.2, 0.25) is 0 Å². The number of rotatable bonds is 3. The zero-order valence-corrected chi connectivity index (χ0v) is 13.0. The van der Waals surface area contributed by atoms with Crippen molar-refractivity contribution >= 4 is 5.57 Å². The van der Waals surface area contributed by atoms with Crippen molar-refractivity contribution in [2.75, 3.05) is 0 Å². The summed E-state index contributed by atoms with van der Waals surface area (Å²) in [4.78, 5) is 0. The van der Waals surface area contributed by atoms with Crippen LogP contribution in [0.5, 0.6) is 0 Å². The van der Waals surface area contributed by atoms with Crippen LogP contribution in [0.3, 0.4) is 0 Å². The lowest BCUT2D eigenvalue weighted by Gasteiger charge is -2.02. The molecule has 3 heteroatoms. The molecule has 0 saturated heterocycles. The van der Waals surface area contributed by atoms with Gasteiger partial charge in [-0.3, -0.25) is 0 Å². The number of allylic oxidation sites excluding steroid dienone is 4. The molecule has 0 spiro atoms. The fourth-order valence-corrected chi connectivity index (χ4v) is 1.49. The molecule has 3 nitrogen and oxygen atoms in total. The average Bonchev–Trinajstić information content (AvgIpc) is 2.80. The van der Waals surface area contributed by atoms with Gasteiger partial charge in [-0.05, 0) is 24.0 Å². The molecule has 1 heterocycles. The number of nitrogens with zero attached hydrogens (tertiary/aromatic N) is 3. The van der Waals surface area contributed by atoms with Crippen LogP contribution in [0.2, 0.25) is 0 Å². The Labute approximate surface area is 122 Å². The van der Waals surface area contributed by atoms with E-state index in [9.17, 15) is 0 Å².